The second-order valence-corrected chi connectivity index (χ2v) is 4.35. The largest absolute Gasteiger partial charge is 0.324 e. The van der Waals surface area contributed by atoms with Crippen molar-refractivity contribution in [1.29, 1.82) is 0 Å². The SMILES string of the molecule is O=C(NC1=CC=C(F)CC1)c1cn2ccccc2n1. The average molecular weight is 257 g/mol. The molecule has 0 atom stereocenters. The molecule has 1 aliphatic rings. The molecule has 0 bridgehead atoms. The predicted molar refractivity (Wildman–Crippen MR) is 69.2 cm³/mol. The molecule has 3 rings (SSSR count). The molecular formula is C14H12FN3O. The van der Waals surface area contributed by atoms with E-state index < -0.39 is 0 Å². The molecule has 5 heteroatoms. The van der Waals surface area contributed by atoms with Gasteiger partial charge in [-0.25, -0.2) is 9.37 Å². The van der Waals surface area contributed by atoms with Crippen LogP contribution in [0.2, 0.25) is 0 Å². The van der Waals surface area contributed by atoms with Crippen molar-refractivity contribution in [2.45, 2.75) is 12.8 Å². The van der Waals surface area contributed by atoms with Gasteiger partial charge in [-0.1, -0.05) is 6.07 Å². The molecule has 1 aliphatic carbocycles. The first-order chi connectivity index (χ1) is 9.22. The summed E-state index contributed by atoms with van der Waals surface area (Å²) in [5.74, 6) is -0.434. The van der Waals surface area contributed by atoms with E-state index in [1.807, 2.05) is 24.4 Å². The number of aromatic nitrogens is 2. The second-order valence-electron chi connectivity index (χ2n) is 4.35. The summed E-state index contributed by atoms with van der Waals surface area (Å²) in [4.78, 5) is 16.2. The first kappa shape index (κ1) is 11.6. The number of nitrogens with zero attached hydrogens (tertiary/aromatic N) is 2. The molecule has 0 unspecified atom stereocenters. The number of allylic oxidation sites excluding steroid dienone is 4. The number of hydrogen-bond donors (Lipinski definition) is 1. The molecular weight excluding hydrogens is 245 g/mol. The normalized spacial score (nSPS) is 15.0. The highest BCUT2D eigenvalue weighted by atomic mass is 19.1. The molecule has 2 heterocycles. The topological polar surface area (TPSA) is 46.4 Å². The fourth-order valence-electron chi connectivity index (χ4n) is 1.97. The van der Waals surface area contributed by atoms with Crippen LogP contribution < -0.4 is 5.32 Å². The third-order valence-electron chi connectivity index (χ3n) is 2.97. The number of carbonyl (C=O) groups is 1. The van der Waals surface area contributed by atoms with Gasteiger partial charge >= 0.3 is 0 Å². The summed E-state index contributed by atoms with van der Waals surface area (Å²) >= 11 is 0. The molecule has 0 aliphatic heterocycles. The second kappa shape index (κ2) is 4.68. The van der Waals surface area contributed by atoms with Crippen molar-refractivity contribution in [2.24, 2.45) is 0 Å². The smallest absolute Gasteiger partial charge is 0.275 e. The summed E-state index contributed by atoms with van der Waals surface area (Å²) in [6, 6.07) is 5.56. The highest BCUT2D eigenvalue weighted by Gasteiger charge is 2.13. The lowest BCUT2D eigenvalue weighted by atomic mass is 10.1. The van der Waals surface area contributed by atoms with Gasteiger partial charge in [-0.2, -0.15) is 0 Å². The van der Waals surface area contributed by atoms with Gasteiger partial charge in [0.25, 0.3) is 5.91 Å². The molecule has 2 aromatic heterocycles. The van der Waals surface area contributed by atoms with Crippen LogP contribution in [0.3, 0.4) is 0 Å². The third-order valence-corrected chi connectivity index (χ3v) is 2.97. The summed E-state index contributed by atoms with van der Waals surface area (Å²) in [6.07, 6.45) is 7.30. The first-order valence-corrected chi connectivity index (χ1v) is 6.03. The molecule has 1 N–H and O–H groups in total. The summed E-state index contributed by atoms with van der Waals surface area (Å²) in [7, 11) is 0. The Morgan fingerprint density at radius 1 is 1.32 bits per heavy atom. The summed E-state index contributed by atoms with van der Waals surface area (Å²) in [6.45, 7) is 0. The fourth-order valence-corrected chi connectivity index (χ4v) is 1.97. The fraction of sp³-hybridized carbons (Fsp3) is 0.143. The Hall–Kier alpha value is -2.43. The van der Waals surface area contributed by atoms with Crippen molar-refractivity contribution in [1.82, 2.24) is 14.7 Å². The lowest BCUT2D eigenvalue weighted by Gasteiger charge is -2.10. The quantitative estimate of drug-likeness (QED) is 0.898. The monoisotopic (exact) mass is 257 g/mol. The van der Waals surface area contributed by atoms with E-state index in [1.54, 1.807) is 16.7 Å². The molecule has 0 radical (unpaired) electrons. The van der Waals surface area contributed by atoms with Crippen molar-refractivity contribution < 1.29 is 9.18 Å². The van der Waals surface area contributed by atoms with Crippen LogP contribution in [-0.2, 0) is 0 Å². The molecule has 19 heavy (non-hydrogen) atoms. The van der Waals surface area contributed by atoms with E-state index in [0.717, 1.165) is 5.65 Å². The molecule has 2 aromatic rings. The van der Waals surface area contributed by atoms with Crippen LogP contribution in [-0.4, -0.2) is 15.3 Å². The van der Waals surface area contributed by atoms with Crippen molar-refractivity contribution >= 4 is 11.6 Å². The van der Waals surface area contributed by atoms with Gasteiger partial charge in [0, 0.05) is 24.5 Å². The van der Waals surface area contributed by atoms with Crippen LogP contribution >= 0.6 is 0 Å². The van der Waals surface area contributed by atoms with Gasteiger partial charge in [0.05, 0.1) is 0 Å². The van der Waals surface area contributed by atoms with E-state index in [4.69, 9.17) is 0 Å². The Labute approximate surface area is 109 Å². The molecule has 0 fully saturated rings. The number of imidazole rings is 1. The number of halogens is 1. The van der Waals surface area contributed by atoms with Gasteiger partial charge in [-0.3, -0.25) is 4.79 Å². The Bertz CT molecular complexity index is 667. The molecule has 0 aromatic carbocycles. The third kappa shape index (κ3) is 2.40. The number of fused-ring (bicyclic) bond motifs is 1. The standard InChI is InChI=1S/C14H12FN3O/c15-10-4-6-11(7-5-10)16-14(19)12-9-18-8-2-1-3-13(18)17-12/h1-4,6,8-9H,5,7H2,(H,16,19). The molecule has 96 valence electrons. The number of hydrogen-bond acceptors (Lipinski definition) is 2. The van der Waals surface area contributed by atoms with Crippen molar-refractivity contribution in [2.75, 3.05) is 0 Å². The van der Waals surface area contributed by atoms with Gasteiger partial charge in [-0.15, -0.1) is 0 Å². The first-order valence-electron chi connectivity index (χ1n) is 6.03. The number of rotatable bonds is 2. The van der Waals surface area contributed by atoms with Gasteiger partial charge < -0.3 is 9.72 Å². The van der Waals surface area contributed by atoms with Crippen molar-refractivity contribution in [3.63, 3.8) is 0 Å². The van der Waals surface area contributed by atoms with Gasteiger partial charge in [0.2, 0.25) is 0 Å². The van der Waals surface area contributed by atoms with E-state index in [-0.39, 0.29) is 11.7 Å². The van der Waals surface area contributed by atoms with E-state index in [2.05, 4.69) is 10.3 Å². The van der Waals surface area contributed by atoms with E-state index in [1.165, 1.54) is 6.08 Å². The lowest BCUT2D eigenvalue weighted by molar-refractivity contribution is 0.0960. The molecule has 0 saturated heterocycles. The zero-order valence-corrected chi connectivity index (χ0v) is 10.1. The Kier molecular flexibility index (Phi) is 2.87. The number of pyridine rings is 1. The van der Waals surface area contributed by atoms with Crippen LogP contribution in [0.1, 0.15) is 23.3 Å². The summed E-state index contributed by atoms with van der Waals surface area (Å²) in [5.41, 5.74) is 1.78. The lowest BCUT2D eigenvalue weighted by Crippen LogP contribution is -2.23. The van der Waals surface area contributed by atoms with E-state index in [0.29, 0.717) is 24.2 Å². The zero-order valence-electron chi connectivity index (χ0n) is 10.1. The van der Waals surface area contributed by atoms with Crippen LogP contribution in [0.5, 0.6) is 0 Å². The highest BCUT2D eigenvalue weighted by Crippen LogP contribution is 2.17. The highest BCUT2D eigenvalue weighted by molar-refractivity contribution is 5.94. The van der Waals surface area contributed by atoms with Gasteiger partial charge in [0.15, 0.2) is 0 Å². The minimum Gasteiger partial charge on any atom is -0.324 e. The maximum absolute atomic E-state index is 12.8. The van der Waals surface area contributed by atoms with Crippen molar-refractivity contribution in [3.8, 4) is 0 Å². The molecule has 0 saturated carbocycles. The Balaban J connectivity index is 1.80. The summed E-state index contributed by atoms with van der Waals surface area (Å²) in [5, 5.41) is 2.75. The van der Waals surface area contributed by atoms with Crippen LogP contribution in [0.4, 0.5) is 4.39 Å². The predicted octanol–water partition coefficient (Wildman–Crippen LogP) is 2.60. The zero-order chi connectivity index (χ0) is 13.2. The average Bonchev–Trinajstić information content (AvgIpc) is 2.85. The minimum atomic E-state index is -0.273. The van der Waals surface area contributed by atoms with Crippen LogP contribution in [0, 0.1) is 0 Å². The Morgan fingerprint density at radius 3 is 2.95 bits per heavy atom. The van der Waals surface area contributed by atoms with Crippen LogP contribution in [0.25, 0.3) is 5.65 Å². The Morgan fingerprint density at radius 2 is 2.21 bits per heavy atom. The number of carbonyl (C=O) groups excluding carboxylic acids is 1. The molecule has 1 amide bonds. The number of nitrogens with one attached hydrogen (secondary N) is 1. The summed E-state index contributed by atoms with van der Waals surface area (Å²) < 4.78 is 14.6. The van der Waals surface area contributed by atoms with Gasteiger partial charge in [0.1, 0.15) is 17.2 Å². The van der Waals surface area contributed by atoms with E-state index in [9.17, 15) is 9.18 Å². The van der Waals surface area contributed by atoms with Gasteiger partial charge in [-0.05, 0) is 30.7 Å². The van der Waals surface area contributed by atoms with Crippen LogP contribution in [0.15, 0.2) is 54.3 Å². The maximum Gasteiger partial charge on any atom is 0.275 e. The minimum absolute atomic E-state index is 0.161. The maximum atomic E-state index is 12.8. The van der Waals surface area contributed by atoms with E-state index >= 15 is 0 Å². The molecule has 0 spiro atoms. The number of amides is 1. The molecule has 4 nitrogen and oxygen atoms in total. The van der Waals surface area contributed by atoms with Crippen molar-refractivity contribution in [3.05, 3.63) is 60.0 Å².